The molecule has 0 spiro atoms. The molecule has 130 valence electrons. The topological polar surface area (TPSA) is 40.9 Å². The van der Waals surface area contributed by atoms with Crippen LogP contribution in [-0.4, -0.2) is 16.5 Å². The summed E-state index contributed by atoms with van der Waals surface area (Å²) < 4.78 is 39.2. The first-order chi connectivity index (χ1) is 11.9. The van der Waals surface area contributed by atoms with Crippen LogP contribution in [-0.2, 0) is 0 Å². The number of carbonyl (C=O) groups is 1. The van der Waals surface area contributed by atoms with Crippen LogP contribution in [0.15, 0.2) is 54.6 Å². The van der Waals surface area contributed by atoms with E-state index in [0.717, 1.165) is 0 Å². The minimum absolute atomic E-state index is 0.261. The minimum Gasteiger partial charge on any atom is -0.293 e. The van der Waals surface area contributed by atoms with Gasteiger partial charge in [0, 0.05) is 11.5 Å². The van der Waals surface area contributed by atoms with Crippen LogP contribution in [0.4, 0.5) is 13.2 Å². The lowest BCUT2D eigenvalue weighted by Gasteiger charge is -2.26. The minimum atomic E-state index is -4.52. The molecule has 25 heavy (non-hydrogen) atoms. The van der Waals surface area contributed by atoms with Gasteiger partial charge in [-0.15, -0.1) is 0 Å². The molecular weight excluding hydrogens is 347 g/mol. The molecule has 0 N–H and O–H groups in total. The molecule has 2 nitrogen and oxygen atoms in total. The van der Waals surface area contributed by atoms with Crippen LogP contribution < -0.4 is 0 Å². The summed E-state index contributed by atoms with van der Waals surface area (Å²) in [6.07, 6.45) is 0.373. The Morgan fingerprint density at radius 2 is 1.72 bits per heavy atom. The molecule has 2 atom stereocenters. The largest absolute Gasteiger partial charge is 0.442 e. The second kappa shape index (κ2) is 8.21. The molecule has 0 aliphatic carbocycles. The molecule has 0 unspecified atom stereocenters. The number of Topliss-reactive ketones (excluding diaryl/α,β-unsaturated/α-hetero) is 1. The van der Waals surface area contributed by atoms with Gasteiger partial charge in [-0.25, -0.2) is 0 Å². The standard InChI is InChI=1S/C19H16F3NOS/c1-2-16(14-10-8-13(12-23)9-11-14)18(25-19(20,21)22)17(24)15-6-4-3-5-7-15/h3-11,16,18H,2H2,1H3/t16-,18+/m1/s1. The first kappa shape index (κ1) is 19.1. The highest BCUT2D eigenvalue weighted by Crippen LogP contribution is 2.42. The molecule has 0 fully saturated rings. The molecule has 0 radical (unpaired) electrons. The van der Waals surface area contributed by atoms with Gasteiger partial charge in [-0.3, -0.25) is 4.79 Å². The molecule has 0 aliphatic rings. The fourth-order valence-corrected chi connectivity index (χ4v) is 3.70. The summed E-state index contributed by atoms with van der Waals surface area (Å²) in [5.41, 5.74) is -3.22. The summed E-state index contributed by atoms with van der Waals surface area (Å²) in [5.74, 6) is -1.15. The number of ketones is 1. The van der Waals surface area contributed by atoms with Gasteiger partial charge in [0.2, 0.25) is 0 Å². The maximum atomic E-state index is 13.1. The van der Waals surface area contributed by atoms with Crippen molar-refractivity contribution in [1.82, 2.24) is 0 Å². The highest BCUT2D eigenvalue weighted by Gasteiger charge is 2.40. The van der Waals surface area contributed by atoms with E-state index in [1.54, 1.807) is 49.4 Å². The van der Waals surface area contributed by atoms with Crippen molar-refractivity contribution in [1.29, 1.82) is 5.26 Å². The van der Waals surface area contributed by atoms with Gasteiger partial charge in [-0.05, 0) is 35.9 Å². The lowest BCUT2D eigenvalue weighted by atomic mass is 9.88. The van der Waals surface area contributed by atoms with Crippen LogP contribution in [0.25, 0.3) is 0 Å². The van der Waals surface area contributed by atoms with Crippen molar-refractivity contribution in [3.63, 3.8) is 0 Å². The lowest BCUT2D eigenvalue weighted by molar-refractivity contribution is -0.0334. The fraction of sp³-hybridized carbons (Fsp3) is 0.263. The van der Waals surface area contributed by atoms with Crippen molar-refractivity contribution >= 4 is 17.5 Å². The zero-order valence-corrected chi connectivity index (χ0v) is 14.3. The molecule has 0 saturated heterocycles. The average Bonchev–Trinajstić information content (AvgIpc) is 2.61. The van der Waals surface area contributed by atoms with E-state index in [0.29, 0.717) is 17.5 Å². The van der Waals surface area contributed by atoms with Gasteiger partial charge in [0.05, 0.1) is 16.9 Å². The van der Waals surface area contributed by atoms with Gasteiger partial charge in [-0.1, -0.05) is 49.4 Å². The second-order valence-electron chi connectivity index (χ2n) is 5.46. The van der Waals surface area contributed by atoms with E-state index >= 15 is 0 Å². The smallest absolute Gasteiger partial charge is 0.293 e. The Balaban J connectivity index is 2.41. The lowest BCUT2D eigenvalue weighted by Crippen LogP contribution is -2.28. The predicted molar refractivity (Wildman–Crippen MR) is 92.4 cm³/mol. The number of thioether (sulfide) groups is 1. The summed E-state index contributed by atoms with van der Waals surface area (Å²) in [7, 11) is 0. The molecule has 0 aromatic heterocycles. The number of carbonyl (C=O) groups excluding carboxylic acids is 1. The first-order valence-corrected chi connectivity index (χ1v) is 8.57. The zero-order valence-electron chi connectivity index (χ0n) is 13.5. The summed E-state index contributed by atoms with van der Waals surface area (Å²) in [5, 5.41) is 7.59. The maximum absolute atomic E-state index is 13.1. The van der Waals surface area contributed by atoms with E-state index in [9.17, 15) is 18.0 Å². The molecule has 0 amide bonds. The van der Waals surface area contributed by atoms with Crippen LogP contribution in [0.5, 0.6) is 0 Å². The Bertz CT molecular complexity index is 751. The van der Waals surface area contributed by atoms with E-state index in [4.69, 9.17) is 5.26 Å². The SMILES string of the molecule is CC[C@H](c1ccc(C#N)cc1)[C@H](SC(F)(F)F)C(=O)c1ccccc1. The van der Waals surface area contributed by atoms with Gasteiger partial charge < -0.3 is 0 Å². The first-order valence-electron chi connectivity index (χ1n) is 7.69. The number of benzene rings is 2. The normalized spacial score (nSPS) is 13.7. The van der Waals surface area contributed by atoms with Crippen LogP contribution in [0.3, 0.4) is 0 Å². The van der Waals surface area contributed by atoms with Crippen molar-refractivity contribution < 1.29 is 18.0 Å². The van der Waals surface area contributed by atoms with Gasteiger partial charge in [-0.2, -0.15) is 18.4 Å². The summed E-state index contributed by atoms with van der Waals surface area (Å²) in [6, 6.07) is 16.3. The van der Waals surface area contributed by atoms with E-state index in [1.165, 1.54) is 12.1 Å². The number of rotatable bonds is 6. The maximum Gasteiger partial charge on any atom is 0.442 e. The van der Waals surface area contributed by atoms with Gasteiger partial charge in [0.25, 0.3) is 0 Å². The Hall–Kier alpha value is -2.26. The molecule has 6 heteroatoms. The van der Waals surface area contributed by atoms with Gasteiger partial charge in [0.15, 0.2) is 5.78 Å². The Labute approximate surface area is 148 Å². The Kier molecular flexibility index (Phi) is 6.27. The number of halogens is 3. The number of hydrogen-bond donors (Lipinski definition) is 0. The highest BCUT2D eigenvalue weighted by molar-refractivity contribution is 8.01. The molecule has 2 aromatic rings. The summed E-state index contributed by atoms with van der Waals surface area (Å²) in [4.78, 5) is 12.7. The Morgan fingerprint density at radius 3 is 2.20 bits per heavy atom. The number of hydrogen-bond acceptors (Lipinski definition) is 3. The van der Waals surface area contributed by atoms with Crippen molar-refractivity contribution in [3.8, 4) is 6.07 Å². The second-order valence-corrected chi connectivity index (χ2v) is 6.67. The molecule has 0 bridgehead atoms. The van der Waals surface area contributed by atoms with Crippen LogP contribution in [0.1, 0.15) is 40.7 Å². The number of alkyl halides is 3. The van der Waals surface area contributed by atoms with Crippen molar-refractivity contribution in [3.05, 3.63) is 71.3 Å². The molecule has 2 rings (SSSR count). The van der Waals surface area contributed by atoms with Crippen LogP contribution in [0.2, 0.25) is 0 Å². The zero-order chi connectivity index (χ0) is 18.4. The quantitative estimate of drug-likeness (QED) is 0.631. The highest BCUT2D eigenvalue weighted by atomic mass is 32.2. The van der Waals surface area contributed by atoms with E-state index in [-0.39, 0.29) is 17.3 Å². The summed E-state index contributed by atoms with van der Waals surface area (Å²) in [6.45, 7) is 1.76. The molecular formula is C19H16F3NOS. The molecule has 0 heterocycles. The van der Waals surface area contributed by atoms with Crippen molar-refractivity contribution in [2.24, 2.45) is 0 Å². The fourth-order valence-electron chi connectivity index (χ4n) is 2.66. The molecule has 2 aromatic carbocycles. The predicted octanol–water partition coefficient (Wildman–Crippen LogP) is 5.56. The van der Waals surface area contributed by atoms with E-state index < -0.39 is 22.5 Å². The van der Waals surface area contributed by atoms with Crippen LogP contribution >= 0.6 is 11.8 Å². The number of nitrogens with zero attached hydrogens (tertiary/aromatic N) is 1. The van der Waals surface area contributed by atoms with E-state index in [2.05, 4.69) is 0 Å². The Morgan fingerprint density at radius 1 is 1.12 bits per heavy atom. The van der Waals surface area contributed by atoms with Gasteiger partial charge >= 0.3 is 5.51 Å². The third-order valence-corrected chi connectivity index (χ3v) is 4.91. The van der Waals surface area contributed by atoms with Crippen molar-refractivity contribution in [2.75, 3.05) is 0 Å². The van der Waals surface area contributed by atoms with Crippen molar-refractivity contribution in [2.45, 2.75) is 30.0 Å². The monoisotopic (exact) mass is 363 g/mol. The third-order valence-electron chi connectivity index (χ3n) is 3.85. The summed E-state index contributed by atoms with van der Waals surface area (Å²) >= 11 is -0.272. The average molecular weight is 363 g/mol. The third kappa shape index (κ3) is 5.10. The van der Waals surface area contributed by atoms with E-state index in [1.807, 2.05) is 6.07 Å². The van der Waals surface area contributed by atoms with Gasteiger partial charge in [0.1, 0.15) is 0 Å². The molecule has 0 aliphatic heterocycles. The molecule has 0 saturated carbocycles. The van der Waals surface area contributed by atoms with Crippen LogP contribution in [0, 0.1) is 11.3 Å². The number of nitriles is 1.